The van der Waals surface area contributed by atoms with Gasteiger partial charge in [-0.15, -0.1) is 0 Å². The topological polar surface area (TPSA) is 126 Å². The highest BCUT2D eigenvalue weighted by Crippen LogP contribution is 2.35. The second-order valence-corrected chi connectivity index (χ2v) is 6.25. The van der Waals surface area contributed by atoms with Gasteiger partial charge in [-0.1, -0.05) is 36.4 Å². The van der Waals surface area contributed by atoms with E-state index in [0.29, 0.717) is 11.5 Å². The van der Waals surface area contributed by atoms with Crippen LogP contribution in [-0.2, 0) is 4.79 Å². The van der Waals surface area contributed by atoms with Crippen molar-refractivity contribution in [2.45, 2.75) is 6.10 Å². The number of benzene rings is 3. The van der Waals surface area contributed by atoms with Crippen molar-refractivity contribution in [3.8, 4) is 17.2 Å². The number of rotatable bonds is 4. The maximum atomic E-state index is 12.3. The fraction of sp³-hybridized carbons (Fsp3) is 0.100. The van der Waals surface area contributed by atoms with Gasteiger partial charge >= 0.3 is 0 Å². The van der Waals surface area contributed by atoms with Crippen molar-refractivity contribution < 1.29 is 24.3 Å². The number of carbonyl (C=O) groups is 1. The summed E-state index contributed by atoms with van der Waals surface area (Å²) in [6.45, 7) is -0.00366. The van der Waals surface area contributed by atoms with Crippen LogP contribution >= 0.6 is 0 Å². The van der Waals surface area contributed by atoms with E-state index in [4.69, 9.17) is 9.47 Å². The third-order valence-corrected chi connectivity index (χ3v) is 4.36. The van der Waals surface area contributed by atoms with E-state index in [0.717, 1.165) is 23.1 Å². The number of hydrazone groups is 1. The predicted molar refractivity (Wildman–Crippen MR) is 102 cm³/mol. The van der Waals surface area contributed by atoms with E-state index in [2.05, 4.69) is 10.5 Å². The quantitative estimate of drug-likeness (QED) is 0.412. The van der Waals surface area contributed by atoms with Crippen molar-refractivity contribution in [1.29, 1.82) is 0 Å². The molecule has 1 heterocycles. The van der Waals surface area contributed by atoms with E-state index in [1.807, 2.05) is 30.3 Å². The first-order valence-corrected chi connectivity index (χ1v) is 8.62. The second kappa shape index (κ2) is 7.47. The molecule has 0 unspecified atom stereocenters. The van der Waals surface area contributed by atoms with Gasteiger partial charge in [-0.25, -0.2) is 5.43 Å². The molecule has 0 aliphatic carbocycles. The van der Waals surface area contributed by atoms with Crippen LogP contribution in [0.2, 0.25) is 0 Å². The molecule has 3 aromatic carbocycles. The van der Waals surface area contributed by atoms with Gasteiger partial charge in [-0.2, -0.15) is 5.10 Å². The molecule has 0 saturated carbocycles. The van der Waals surface area contributed by atoms with E-state index in [1.54, 1.807) is 6.07 Å². The molecule has 0 fully saturated rings. The van der Waals surface area contributed by atoms with Crippen molar-refractivity contribution >= 4 is 28.6 Å². The first-order valence-electron chi connectivity index (χ1n) is 8.62. The number of ether oxygens (including phenoxy) is 2. The number of nitrogens with one attached hydrogen (secondary N) is 1. The SMILES string of the molecule is O=C(N/N=C/c1cccc([N+](=O)[O-])c1[O-])[C@@H]1COc2cc3ccccc3cc2O1. The minimum absolute atomic E-state index is 0.00366. The lowest BCUT2D eigenvalue weighted by atomic mass is 10.1. The van der Waals surface area contributed by atoms with Gasteiger partial charge in [-0.3, -0.25) is 14.9 Å². The van der Waals surface area contributed by atoms with Gasteiger partial charge in [-0.05, 0) is 34.2 Å². The van der Waals surface area contributed by atoms with Crippen molar-refractivity contribution in [1.82, 2.24) is 5.43 Å². The summed E-state index contributed by atoms with van der Waals surface area (Å²) in [5.74, 6) is -0.366. The van der Waals surface area contributed by atoms with Crippen LogP contribution in [0.5, 0.6) is 17.2 Å². The molecule has 1 N–H and O–H groups in total. The number of amides is 1. The Balaban J connectivity index is 1.45. The molecule has 3 aromatic rings. The normalized spacial score (nSPS) is 15.4. The van der Waals surface area contributed by atoms with E-state index in [9.17, 15) is 20.0 Å². The zero-order chi connectivity index (χ0) is 20.4. The molecular formula is C20H14N3O6-. The molecule has 1 aliphatic rings. The highest BCUT2D eigenvalue weighted by atomic mass is 16.6. The Hall–Kier alpha value is -4.14. The lowest BCUT2D eigenvalue weighted by Crippen LogP contribution is -2.42. The van der Waals surface area contributed by atoms with Crippen LogP contribution in [0, 0.1) is 10.1 Å². The van der Waals surface area contributed by atoms with Crippen molar-refractivity contribution in [3.05, 3.63) is 70.3 Å². The summed E-state index contributed by atoms with van der Waals surface area (Å²) in [4.78, 5) is 22.3. The Labute approximate surface area is 164 Å². The zero-order valence-corrected chi connectivity index (χ0v) is 14.9. The number of fused-ring (bicyclic) bond motifs is 2. The van der Waals surface area contributed by atoms with E-state index < -0.39 is 28.4 Å². The highest BCUT2D eigenvalue weighted by molar-refractivity contribution is 5.89. The maximum absolute atomic E-state index is 12.3. The number of hydrogen-bond donors (Lipinski definition) is 1. The smallest absolute Gasteiger partial charge is 0.284 e. The third kappa shape index (κ3) is 3.65. The predicted octanol–water partition coefficient (Wildman–Crippen LogP) is 2.11. The van der Waals surface area contributed by atoms with E-state index in [-0.39, 0.29) is 12.2 Å². The monoisotopic (exact) mass is 392 g/mol. The molecule has 1 amide bonds. The Morgan fingerprint density at radius 2 is 1.86 bits per heavy atom. The minimum atomic E-state index is -0.933. The first kappa shape index (κ1) is 18.2. The number of hydrogen-bond acceptors (Lipinski definition) is 7. The standard InChI is InChI=1S/C20H15N3O6/c24-19-14(6-3-7-15(19)23(26)27)10-21-22-20(25)18-11-28-16-8-12-4-1-2-5-13(12)9-17(16)29-18/h1-10,18,24H,11H2,(H,22,25)/p-1/b21-10+/t18-/m0/s1. The minimum Gasteiger partial charge on any atom is -0.867 e. The summed E-state index contributed by atoms with van der Waals surface area (Å²) in [5.41, 5.74) is 1.68. The van der Waals surface area contributed by atoms with Crippen LogP contribution < -0.4 is 20.0 Å². The number of nitro groups is 1. The summed E-state index contributed by atoms with van der Waals surface area (Å²) in [6.07, 6.45) is 0.121. The lowest BCUT2D eigenvalue weighted by molar-refractivity contribution is -0.398. The van der Waals surface area contributed by atoms with E-state index in [1.165, 1.54) is 12.1 Å². The summed E-state index contributed by atoms with van der Waals surface area (Å²) in [5, 5.41) is 28.4. The molecule has 0 bridgehead atoms. The van der Waals surface area contributed by atoms with Crippen LogP contribution in [0.4, 0.5) is 5.69 Å². The van der Waals surface area contributed by atoms with Crippen LogP contribution in [-0.4, -0.2) is 29.8 Å². The molecule has 0 radical (unpaired) electrons. The molecular weight excluding hydrogens is 378 g/mol. The Kier molecular flexibility index (Phi) is 4.70. The molecule has 0 aromatic heterocycles. The van der Waals surface area contributed by atoms with Crippen molar-refractivity contribution in [2.24, 2.45) is 5.10 Å². The zero-order valence-electron chi connectivity index (χ0n) is 14.9. The fourth-order valence-electron chi connectivity index (χ4n) is 2.91. The highest BCUT2D eigenvalue weighted by Gasteiger charge is 2.27. The van der Waals surface area contributed by atoms with Gasteiger partial charge in [0.05, 0.1) is 11.1 Å². The molecule has 9 heteroatoms. The lowest BCUT2D eigenvalue weighted by Gasteiger charge is -2.25. The Bertz CT molecular complexity index is 1140. The summed E-state index contributed by atoms with van der Waals surface area (Å²) in [7, 11) is 0. The van der Waals surface area contributed by atoms with Gasteiger partial charge in [0, 0.05) is 6.07 Å². The summed E-state index contributed by atoms with van der Waals surface area (Å²) in [6, 6.07) is 15.2. The average molecular weight is 392 g/mol. The number of para-hydroxylation sites is 1. The van der Waals surface area contributed by atoms with Crippen LogP contribution in [0.3, 0.4) is 0 Å². The van der Waals surface area contributed by atoms with Gasteiger partial charge in [0.2, 0.25) is 6.10 Å². The van der Waals surface area contributed by atoms with Gasteiger partial charge in [0.15, 0.2) is 11.5 Å². The summed E-state index contributed by atoms with van der Waals surface area (Å²) >= 11 is 0. The van der Waals surface area contributed by atoms with Gasteiger partial charge in [0.25, 0.3) is 11.6 Å². The van der Waals surface area contributed by atoms with Crippen LogP contribution in [0.25, 0.3) is 10.8 Å². The molecule has 1 atom stereocenters. The molecule has 146 valence electrons. The number of nitrogens with zero attached hydrogens (tertiary/aromatic N) is 2. The van der Waals surface area contributed by atoms with Crippen molar-refractivity contribution in [3.63, 3.8) is 0 Å². The fourth-order valence-corrected chi connectivity index (χ4v) is 2.91. The van der Waals surface area contributed by atoms with Crippen LogP contribution in [0.1, 0.15) is 5.56 Å². The largest absolute Gasteiger partial charge is 0.867 e. The van der Waals surface area contributed by atoms with Crippen molar-refractivity contribution in [2.75, 3.05) is 6.61 Å². The molecule has 0 saturated heterocycles. The number of nitro benzene ring substituents is 1. The second-order valence-electron chi connectivity index (χ2n) is 6.25. The van der Waals surface area contributed by atoms with Crippen LogP contribution in [0.15, 0.2) is 59.7 Å². The molecule has 29 heavy (non-hydrogen) atoms. The van der Waals surface area contributed by atoms with E-state index >= 15 is 0 Å². The first-order chi connectivity index (χ1) is 14.0. The Morgan fingerprint density at radius 3 is 2.59 bits per heavy atom. The number of carbonyl (C=O) groups excluding carboxylic acids is 1. The van der Waals surface area contributed by atoms with Gasteiger partial charge in [0.1, 0.15) is 6.61 Å². The molecule has 1 aliphatic heterocycles. The third-order valence-electron chi connectivity index (χ3n) is 4.36. The average Bonchev–Trinajstić information content (AvgIpc) is 2.72. The Morgan fingerprint density at radius 1 is 1.14 bits per heavy atom. The van der Waals surface area contributed by atoms with Gasteiger partial charge < -0.3 is 14.6 Å². The molecule has 4 rings (SSSR count). The summed E-state index contributed by atoms with van der Waals surface area (Å²) < 4.78 is 11.3. The molecule has 9 nitrogen and oxygen atoms in total. The molecule has 0 spiro atoms. The maximum Gasteiger partial charge on any atom is 0.284 e.